The minimum Gasteiger partial charge on any atom is -0.508 e. The van der Waals surface area contributed by atoms with Crippen molar-refractivity contribution >= 4 is 12.1 Å². The molecule has 0 aliphatic heterocycles. The molecule has 6 nitrogen and oxygen atoms in total. The molecular weight excluding hydrogens is 274 g/mol. The molecule has 21 heavy (non-hydrogen) atoms. The maximum atomic E-state index is 11.8. The number of hydrogen-bond acceptors (Lipinski definition) is 5. The Bertz CT molecular complexity index is 490. The summed E-state index contributed by atoms with van der Waals surface area (Å²) >= 11 is 0. The number of carbonyl (C=O) groups is 2. The van der Waals surface area contributed by atoms with Crippen molar-refractivity contribution in [3.05, 3.63) is 29.8 Å². The second-order valence-corrected chi connectivity index (χ2v) is 5.57. The molecule has 0 fully saturated rings. The predicted octanol–water partition coefficient (Wildman–Crippen LogP) is 2.52. The molecule has 6 heteroatoms. The molecule has 0 spiro atoms. The van der Waals surface area contributed by atoms with Crippen molar-refractivity contribution in [1.29, 1.82) is 0 Å². The van der Waals surface area contributed by atoms with Crippen LogP contribution < -0.4 is 5.32 Å². The third kappa shape index (κ3) is 6.16. The first-order chi connectivity index (χ1) is 9.71. The van der Waals surface area contributed by atoms with Crippen molar-refractivity contribution in [3.63, 3.8) is 0 Å². The quantitative estimate of drug-likeness (QED) is 0.834. The minimum atomic E-state index is -0.630. The zero-order valence-corrected chi connectivity index (χ0v) is 12.7. The lowest BCUT2D eigenvalue weighted by Gasteiger charge is -2.23. The Morgan fingerprint density at radius 3 is 2.29 bits per heavy atom. The van der Waals surface area contributed by atoms with Gasteiger partial charge >= 0.3 is 12.1 Å². The zero-order chi connectivity index (χ0) is 16.0. The van der Waals surface area contributed by atoms with E-state index in [1.165, 1.54) is 19.2 Å². The fraction of sp³-hybridized carbons (Fsp3) is 0.467. The molecule has 116 valence electrons. The van der Waals surface area contributed by atoms with E-state index < -0.39 is 23.7 Å². The van der Waals surface area contributed by atoms with E-state index in [-0.39, 0.29) is 12.2 Å². The van der Waals surface area contributed by atoms with Gasteiger partial charge in [0, 0.05) is 0 Å². The average Bonchev–Trinajstić information content (AvgIpc) is 2.36. The van der Waals surface area contributed by atoms with Gasteiger partial charge in [-0.3, -0.25) is 4.79 Å². The lowest BCUT2D eigenvalue weighted by atomic mass is 10.0. The average molecular weight is 295 g/mol. The zero-order valence-electron chi connectivity index (χ0n) is 12.7. The Balaban J connectivity index is 2.84. The fourth-order valence-corrected chi connectivity index (χ4v) is 1.66. The van der Waals surface area contributed by atoms with Crippen LogP contribution in [0.1, 0.15) is 38.8 Å². The van der Waals surface area contributed by atoms with Crippen molar-refractivity contribution in [2.75, 3.05) is 7.11 Å². The molecule has 1 amide bonds. The van der Waals surface area contributed by atoms with E-state index in [1.54, 1.807) is 32.9 Å². The lowest BCUT2D eigenvalue weighted by Crippen LogP contribution is -2.35. The molecule has 0 heterocycles. The van der Waals surface area contributed by atoms with Gasteiger partial charge in [-0.25, -0.2) is 4.79 Å². The molecule has 1 atom stereocenters. The summed E-state index contributed by atoms with van der Waals surface area (Å²) in [5.74, 6) is -0.350. The van der Waals surface area contributed by atoms with Crippen molar-refractivity contribution in [1.82, 2.24) is 5.32 Å². The smallest absolute Gasteiger partial charge is 0.408 e. The lowest BCUT2D eigenvalue weighted by molar-refractivity contribution is -0.141. The summed E-state index contributed by atoms with van der Waals surface area (Å²) in [7, 11) is 1.28. The number of esters is 1. The van der Waals surface area contributed by atoms with E-state index in [0.717, 1.165) is 0 Å². The van der Waals surface area contributed by atoms with Crippen LogP contribution in [-0.2, 0) is 14.3 Å². The summed E-state index contributed by atoms with van der Waals surface area (Å²) in [4.78, 5) is 23.3. The Morgan fingerprint density at radius 1 is 1.24 bits per heavy atom. The van der Waals surface area contributed by atoms with Gasteiger partial charge in [-0.1, -0.05) is 12.1 Å². The number of methoxy groups -OCH3 is 1. The molecule has 0 aliphatic carbocycles. The molecule has 1 aromatic rings. The molecule has 0 aliphatic rings. The first kappa shape index (κ1) is 16.8. The van der Waals surface area contributed by atoms with Crippen molar-refractivity contribution < 1.29 is 24.2 Å². The number of phenols is 1. The number of rotatable bonds is 4. The van der Waals surface area contributed by atoms with Crippen molar-refractivity contribution in [2.24, 2.45) is 0 Å². The summed E-state index contributed by atoms with van der Waals surface area (Å²) in [5, 5.41) is 11.9. The van der Waals surface area contributed by atoms with Crippen LogP contribution in [0.25, 0.3) is 0 Å². The summed E-state index contributed by atoms with van der Waals surface area (Å²) in [6.07, 6.45) is -0.648. The van der Waals surface area contributed by atoms with E-state index in [0.29, 0.717) is 5.56 Å². The second kappa shape index (κ2) is 6.97. The molecule has 0 bridgehead atoms. The number of nitrogens with one attached hydrogen (secondary N) is 1. The van der Waals surface area contributed by atoms with Gasteiger partial charge in [0.25, 0.3) is 0 Å². The molecular formula is C15H21NO5. The molecule has 0 saturated heterocycles. The predicted molar refractivity (Wildman–Crippen MR) is 76.9 cm³/mol. The Labute approximate surface area is 124 Å². The summed E-state index contributed by atoms with van der Waals surface area (Å²) in [6, 6.07) is 5.63. The van der Waals surface area contributed by atoms with Gasteiger partial charge < -0.3 is 19.9 Å². The SMILES string of the molecule is COC(=O)CC(NC(=O)OC(C)(C)C)c1ccc(O)cc1. The van der Waals surface area contributed by atoms with Crippen molar-refractivity contribution in [2.45, 2.75) is 38.8 Å². The topological polar surface area (TPSA) is 84.9 Å². The fourth-order valence-electron chi connectivity index (χ4n) is 1.66. The van der Waals surface area contributed by atoms with Gasteiger partial charge in [-0.05, 0) is 38.5 Å². The normalized spacial score (nSPS) is 12.4. The summed E-state index contributed by atoms with van der Waals surface area (Å²) in [6.45, 7) is 5.26. The highest BCUT2D eigenvalue weighted by Gasteiger charge is 2.22. The van der Waals surface area contributed by atoms with Gasteiger partial charge in [0.1, 0.15) is 11.4 Å². The van der Waals surface area contributed by atoms with Crippen molar-refractivity contribution in [3.8, 4) is 5.75 Å². The molecule has 0 radical (unpaired) electrons. The van der Waals surface area contributed by atoms with Crippen LogP contribution in [0.5, 0.6) is 5.75 Å². The highest BCUT2D eigenvalue weighted by Crippen LogP contribution is 2.21. The third-order valence-electron chi connectivity index (χ3n) is 2.58. The maximum Gasteiger partial charge on any atom is 0.408 e. The van der Waals surface area contributed by atoms with Crippen LogP contribution in [0.4, 0.5) is 4.79 Å². The van der Waals surface area contributed by atoms with E-state index in [9.17, 15) is 14.7 Å². The van der Waals surface area contributed by atoms with Gasteiger partial charge in [0.15, 0.2) is 0 Å². The molecule has 1 aromatic carbocycles. The highest BCUT2D eigenvalue weighted by molar-refractivity contribution is 5.73. The number of amides is 1. The molecule has 0 saturated carbocycles. The first-order valence-electron chi connectivity index (χ1n) is 6.56. The number of ether oxygens (including phenoxy) is 2. The third-order valence-corrected chi connectivity index (χ3v) is 2.58. The van der Waals surface area contributed by atoms with Crippen LogP contribution in [0.2, 0.25) is 0 Å². The minimum absolute atomic E-state index is 0.0273. The number of phenolic OH excluding ortho intramolecular Hbond substituents is 1. The van der Waals surface area contributed by atoms with E-state index in [4.69, 9.17) is 4.74 Å². The van der Waals surface area contributed by atoms with E-state index in [1.807, 2.05) is 0 Å². The number of benzene rings is 1. The van der Waals surface area contributed by atoms with Crippen LogP contribution in [0.3, 0.4) is 0 Å². The van der Waals surface area contributed by atoms with Gasteiger partial charge in [0.05, 0.1) is 19.6 Å². The molecule has 1 unspecified atom stereocenters. The number of aromatic hydroxyl groups is 1. The number of hydrogen-bond donors (Lipinski definition) is 2. The standard InChI is InChI=1S/C15H21NO5/c1-15(2,3)21-14(19)16-12(9-13(18)20-4)10-5-7-11(17)8-6-10/h5-8,12,17H,9H2,1-4H3,(H,16,19). The Morgan fingerprint density at radius 2 is 1.81 bits per heavy atom. The van der Waals surface area contributed by atoms with Crippen LogP contribution in [0.15, 0.2) is 24.3 Å². The van der Waals surface area contributed by atoms with Gasteiger partial charge in [-0.15, -0.1) is 0 Å². The Hall–Kier alpha value is -2.24. The molecule has 2 N–H and O–H groups in total. The highest BCUT2D eigenvalue weighted by atomic mass is 16.6. The molecule has 0 aromatic heterocycles. The second-order valence-electron chi connectivity index (χ2n) is 5.57. The van der Waals surface area contributed by atoms with E-state index in [2.05, 4.69) is 10.1 Å². The number of carbonyl (C=O) groups excluding carboxylic acids is 2. The van der Waals surface area contributed by atoms with E-state index >= 15 is 0 Å². The first-order valence-corrected chi connectivity index (χ1v) is 6.56. The Kier molecular flexibility index (Phi) is 5.58. The van der Waals surface area contributed by atoms with Gasteiger partial charge in [0.2, 0.25) is 0 Å². The van der Waals surface area contributed by atoms with Crippen LogP contribution >= 0.6 is 0 Å². The number of alkyl carbamates (subject to hydrolysis) is 1. The van der Waals surface area contributed by atoms with Crippen LogP contribution in [0, 0.1) is 0 Å². The summed E-state index contributed by atoms with van der Waals surface area (Å²) < 4.78 is 9.81. The largest absolute Gasteiger partial charge is 0.508 e. The van der Waals surface area contributed by atoms with Crippen LogP contribution in [-0.4, -0.2) is 29.9 Å². The maximum absolute atomic E-state index is 11.8. The summed E-state index contributed by atoms with van der Waals surface area (Å²) in [5.41, 5.74) is 0.0403. The monoisotopic (exact) mass is 295 g/mol. The molecule has 1 rings (SSSR count). The van der Waals surface area contributed by atoms with Gasteiger partial charge in [-0.2, -0.15) is 0 Å².